The van der Waals surface area contributed by atoms with Gasteiger partial charge in [-0.2, -0.15) is 0 Å². The molecule has 0 amide bonds. The van der Waals surface area contributed by atoms with Gasteiger partial charge in [0.2, 0.25) is 0 Å². The molecule has 0 radical (unpaired) electrons. The fourth-order valence-corrected chi connectivity index (χ4v) is 5.80. The van der Waals surface area contributed by atoms with Crippen LogP contribution in [0.3, 0.4) is 0 Å². The molecule has 5 rings (SSSR count). The standard InChI is InChI=1S/C15H24O.CH2O3/c1-2-4-16-14(3-1)15-8-11-5-12(9-15)7-13(6-11)10-15;2-1(3)4/h11-14H,1-10H2;(H2,2,3,4). The van der Waals surface area contributed by atoms with Crippen molar-refractivity contribution in [2.75, 3.05) is 6.61 Å². The average molecular weight is 282 g/mol. The Hall–Kier alpha value is -0.770. The SMILES string of the molecule is C1CCC(C23CC4CC(CC(C4)C2)C3)OC1.O=C(O)O. The van der Waals surface area contributed by atoms with E-state index in [2.05, 4.69) is 0 Å². The molecule has 20 heavy (non-hydrogen) atoms. The number of ether oxygens (including phenoxy) is 1. The Balaban J connectivity index is 0.000000272. The van der Waals surface area contributed by atoms with E-state index in [1.54, 1.807) is 19.3 Å². The van der Waals surface area contributed by atoms with Crippen molar-refractivity contribution in [3.8, 4) is 0 Å². The summed E-state index contributed by atoms with van der Waals surface area (Å²) >= 11 is 0. The van der Waals surface area contributed by atoms with Gasteiger partial charge in [-0.25, -0.2) is 4.79 Å². The third-order valence-electron chi connectivity index (χ3n) is 5.95. The summed E-state index contributed by atoms with van der Waals surface area (Å²) < 4.78 is 6.16. The van der Waals surface area contributed by atoms with Crippen LogP contribution in [0.4, 0.5) is 4.79 Å². The molecule has 1 aliphatic heterocycles. The van der Waals surface area contributed by atoms with Crippen molar-refractivity contribution in [2.45, 2.75) is 63.9 Å². The zero-order valence-electron chi connectivity index (χ0n) is 12.1. The van der Waals surface area contributed by atoms with Crippen LogP contribution in [0, 0.1) is 23.2 Å². The third-order valence-corrected chi connectivity index (χ3v) is 5.95. The van der Waals surface area contributed by atoms with Crippen molar-refractivity contribution >= 4 is 6.16 Å². The van der Waals surface area contributed by atoms with Gasteiger partial charge in [-0.1, -0.05) is 0 Å². The van der Waals surface area contributed by atoms with Crippen LogP contribution in [0.15, 0.2) is 0 Å². The second-order valence-corrected chi connectivity index (χ2v) is 7.42. The molecular weight excluding hydrogens is 256 g/mol. The molecule has 4 aliphatic carbocycles. The van der Waals surface area contributed by atoms with E-state index < -0.39 is 6.16 Å². The van der Waals surface area contributed by atoms with Gasteiger partial charge in [-0.3, -0.25) is 0 Å². The molecule has 4 saturated carbocycles. The lowest BCUT2D eigenvalue weighted by molar-refractivity contribution is -0.154. The van der Waals surface area contributed by atoms with Gasteiger partial charge in [0, 0.05) is 6.61 Å². The molecule has 4 bridgehead atoms. The molecule has 1 heterocycles. The molecular formula is C16H26O4. The van der Waals surface area contributed by atoms with Crippen molar-refractivity contribution in [2.24, 2.45) is 23.2 Å². The van der Waals surface area contributed by atoms with Crippen molar-refractivity contribution in [1.29, 1.82) is 0 Å². The lowest BCUT2D eigenvalue weighted by atomic mass is 9.47. The Kier molecular flexibility index (Phi) is 3.93. The zero-order valence-corrected chi connectivity index (χ0v) is 12.1. The van der Waals surface area contributed by atoms with Gasteiger partial charge in [0.15, 0.2) is 0 Å². The number of carboxylic acid groups (broad SMARTS) is 2. The Labute approximate surface area is 120 Å². The van der Waals surface area contributed by atoms with E-state index in [9.17, 15) is 0 Å². The summed E-state index contributed by atoms with van der Waals surface area (Å²) in [6.07, 6.45) is 12.2. The molecule has 1 atom stereocenters. The van der Waals surface area contributed by atoms with Crippen molar-refractivity contribution in [3.63, 3.8) is 0 Å². The minimum Gasteiger partial charge on any atom is -0.450 e. The number of rotatable bonds is 1. The van der Waals surface area contributed by atoms with Gasteiger partial charge in [-0.05, 0) is 81.0 Å². The summed E-state index contributed by atoms with van der Waals surface area (Å²) in [5.41, 5.74) is 0.648. The fraction of sp³-hybridized carbons (Fsp3) is 0.938. The molecule has 0 aromatic rings. The highest BCUT2D eigenvalue weighted by atomic mass is 16.6. The predicted molar refractivity (Wildman–Crippen MR) is 74.8 cm³/mol. The normalized spacial score (nSPS) is 45.6. The van der Waals surface area contributed by atoms with Crippen LogP contribution in [0.1, 0.15) is 57.8 Å². The lowest BCUT2D eigenvalue weighted by Gasteiger charge is -2.59. The quantitative estimate of drug-likeness (QED) is 0.763. The van der Waals surface area contributed by atoms with Crippen LogP contribution in [-0.4, -0.2) is 29.1 Å². The van der Waals surface area contributed by atoms with Crippen LogP contribution in [0.5, 0.6) is 0 Å². The summed E-state index contributed by atoms with van der Waals surface area (Å²) in [6.45, 7) is 1.05. The maximum Gasteiger partial charge on any atom is 0.503 e. The first-order chi connectivity index (χ1) is 9.57. The van der Waals surface area contributed by atoms with Gasteiger partial charge in [0.1, 0.15) is 0 Å². The van der Waals surface area contributed by atoms with E-state index in [1.165, 1.54) is 38.5 Å². The first-order valence-corrected chi connectivity index (χ1v) is 8.11. The van der Waals surface area contributed by atoms with Crippen molar-refractivity contribution < 1.29 is 19.7 Å². The molecule has 114 valence electrons. The van der Waals surface area contributed by atoms with E-state index >= 15 is 0 Å². The van der Waals surface area contributed by atoms with E-state index in [0.29, 0.717) is 11.5 Å². The van der Waals surface area contributed by atoms with Gasteiger partial charge in [-0.15, -0.1) is 0 Å². The maximum absolute atomic E-state index is 8.56. The van der Waals surface area contributed by atoms with Crippen LogP contribution in [-0.2, 0) is 4.74 Å². The Morgan fingerprint density at radius 1 is 0.950 bits per heavy atom. The summed E-state index contributed by atoms with van der Waals surface area (Å²) in [5.74, 6) is 3.24. The molecule has 0 aromatic carbocycles. The summed E-state index contributed by atoms with van der Waals surface area (Å²) in [4.78, 5) is 8.56. The second-order valence-electron chi connectivity index (χ2n) is 7.42. The largest absolute Gasteiger partial charge is 0.503 e. The summed E-state index contributed by atoms with van der Waals surface area (Å²) in [5, 5.41) is 13.9. The summed E-state index contributed by atoms with van der Waals surface area (Å²) in [7, 11) is 0. The maximum atomic E-state index is 8.56. The molecule has 2 N–H and O–H groups in total. The Morgan fingerprint density at radius 3 is 1.85 bits per heavy atom. The summed E-state index contributed by atoms with van der Waals surface area (Å²) in [6, 6.07) is 0. The monoisotopic (exact) mass is 282 g/mol. The van der Waals surface area contributed by atoms with E-state index in [-0.39, 0.29) is 0 Å². The van der Waals surface area contributed by atoms with Crippen LogP contribution in [0.25, 0.3) is 0 Å². The fourth-order valence-electron chi connectivity index (χ4n) is 5.80. The smallest absolute Gasteiger partial charge is 0.450 e. The van der Waals surface area contributed by atoms with E-state index in [4.69, 9.17) is 19.7 Å². The molecule has 5 fully saturated rings. The minimum absolute atomic E-state index is 0.648. The zero-order chi connectivity index (χ0) is 14.2. The number of carbonyl (C=O) groups is 1. The van der Waals surface area contributed by atoms with Gasteiger partial charge >= 0.3 is 6.16 Å². The highest BCUT2D eigenvalue weighted by Crippen LogP contribution is 2.62. The van der Waals surface area contributed by atoms with E-state index in [0.717, 1.165) is 24.4 Å². The third kappa shape index (κ3) is 2.80. The number of hydrogen-bond acceptors (Lipinski definition) is 2. The van der Waals surface area contributed by atoms with E-state index in [1.807, 2.05) is 0 Å². The molecule has 1 saturated heterocycles. The molecule has 0 aromatic heterocycles. The highest BCUT2D eigenvalue weighted by Gasteiger charge is 2.54. The Morgan fingerprint density at radius 2 is 1.45 bits per heavy atom. The first kappa shape index (κ1) is 14.2. The number of hydrogen-bond donors (Lipinski definition) is 2. The van der Waals surface area contributed by atoms with Crippen LogP contribution in [0.2, 0.25) is 0 Å². The van der Waals surface area contributed by atoms with Crippen LogP contribution < -0.4 is 0 Å². The van der Waals surface area contributed by atoms with Crippen LogP contribution >= 0.6 is 0 Å². The topological polar surface area (TPSA) is 66.8 Å². The second kappa shape index (κ2) is 5.55. The first-order valence-electron chi connectivity index (χ1n) is 8.11. The van der Waals surface area contributed by atoms with Crippen molar-refractivity contribution in [1.82, 2.24) is 0 Å². The minimum atomic E-state index is -1.83. The molecule has 4 nitrogen and oxygen atoms in total. The van der Waals surface area contributed by atoms with Crippen molar-refractivity contribution in [3.05, 3.63) is 0 Å². The van der Waals surface area contributed by atoms with Gasteiger partial charge in [0.05, 0.1) is 6.10 Å². The predicted octanol–water partition coefficient (Wildman–Crippen LogP) is 3.99. The average Bonchev–Trinajstić information content (AvgIpc) is 2.37. The molecule has 1 unspecified atom stereocenters. The molecule has 4 heteroatoms. The molecule has 0 spiro atoms. The molecule has 5 aliphatic rings. The lowest BCUT2D eigenvalue weighted by Crippen LogP contribution is -2.53. The Bertz CT molecular complexity index is 320. The van der Waals surface area contributed by atoms with Gasteiger partial charge in [0.25, 0.3) is 0 Å². The van der Waals surface area contributed by atoms with Gasteiger partial charge < -0.3 is 14.9 Å². The highest BCUT2D eigenvalue weighted by molar-refractivity contribution is 5.53.